The van der Waals surface area contributed by atoms with Crippen molar-refractivity contribution in [1.82, 2.24) is 9.78 Å². The molecule has 0 saturated heterocycles. The number of benzene rings is 1. The molecule has 16 heavy (non-hydrogen) atoms. The number of H-pyrrole nitrogens is 1. The Bertz CT molecular complexity index is 551. The molecule has 82 valence electrons. The van der Waals surface area contributed by atoms with Crippen molar-refractivity contribution in [2.75, 3.05) is 0 Å². The maximum absolute atomic E-state index is 11.8. The number of aromatic amines is 1. The van der Waals surface area contributed by atoms with Gasteiger partial charge in [0.25, 0.3) is 5.56 Å². The van der Waals surface area contributed by atoms with Gasteiger partial charge >= 0.3 is 0 Å². The Hall–Kier alpha value is -1.77. The van der Waals surface area contributed by atoms with Gasteiger partial charge in [-0.2, -0.15) is 0 Å². The summed E-state index contributed by atoms with van der Waals surface area (Å²) in [6.07, 6.45) is 4.24. The van der Waals surface area contributed by atoms with Crippen LogP contribution in [-0.2, 0) is 12.8 Å². The molecule has 0 radical (unpaired) electrons. The van der Waals surface area contributed by atoms with E-state index in [-0.39, 0.29) is 5.56 Å². The Morgan fingerprint density at radius 1 is 1.06 bits per heavy atom. The normalized spacial score (nSPS) is 14.8. The summed E-state index contributed by atoms with van der Waals surface area (Å²) in [7, 11) is 0. The van der Waals surface area contributed by atoms with Crippen molar-refractivity contribution in [1.29, 1.82) is 0 Å². The minimum atomic E-state index is 0.0820. The zero-order valence-corrected chi connectivity index (χ0v) is 9.07. The summed E-state index contributed by atoms with van der Waals surface area (Å²) < 4.78 is 1.94. The second-order valence-corrected chi connectivity index (χ2v) is 4.24. The lowest BCUT2D eigenvalue weighted by Crippen LogP contribution is -2.10. The Labute approximate surface area is 93.7 Å². The Morgan fingerprint density at radius 2 is 1.81 bits per heavy atom. The van der Waals surface area contributed by atoms with Gasteiger partial charge in [0, 0.05) is 11.3 Å². The number of aromatic nitrogens is 2. The van der Waals surface area contributed by atoms with Crippen molar-refractivity contribution >= 4 is 0 Å². The first kappa shape index (κ1) is 9.46. The highest BCUT2D eigenvalue weighted by atomic mass is 16.1. The Kier molecular flexibility index (Phi) is 2.17. The third-order valence-electron chi connectivity index (χ3n) is 3.21. The van der Waals surface area contributed by atoms with Gasteiger partial charge < -0.3 is 0 Å². The number of fused-ring (bicyclic) bond motifs is 1. The van der Waals surface area contributed by atoms with Crippen molar-refractivity contribution in [3.63, 3.8) is 0 Å². The highest BCUT2D eigenvalue weighted by Gasteiger charge is 2.18. The molecule has 1 heterocycles. The molecule has 0 saturated carbocycles. The fourth-order valence-electron chi connectivity index (χ4n) is 2.41. The van der Waals surface area contributed by atoms with Gasteiger partial charge in [-0.05, 0) is 37.8 Å². The Balaban J connectivity index is 2.19. The summed E-state index contributed by atoms with van der Waals surface area (Å²) in [6, 6.07) is 10.00. The molecule has 3 rings (SSSR count). The van der Waals surface area contributed by atoms with E-state index in [1.165, 1.54) is 12.1 Å². The van der Waals surface area contributed by atoms with Crippen molar-refractivity contribution in [3.8, 4) is 5.69 Å². The van der Waals surface area contributed by atoms with Crippen molar-refractivity contribution in [3.05, 3.63) is 51.9 Å². The first-order valence-corrected chi connectivity index (χ1v) is 5.74. The van der Waals surface area contributed by atoms with E-state index in [1.54, 1.807) is 0 Å². The molecule has 0 spiro atoms. The monoisotopic (exact) mass is 214 g/mol. The van der Waals surface area contributed by atoms with Gasteiger partial charge in [-0.3, -0.25) is 14.6 Å². The number of nitrogens with one attached hydrogen (secondary N) is 1. The van der Waals surface area contributed by atoms with E-state index in [2.05, 4.69) is 5.10 Å². The highest BCUT2D eigenvalue weighted by molar-refractivity contribution is 5.35. The lowest BCUT2D eigenvalue weighted by molar-refractivity contribution is 0.653. The van der Waals surface area contributed by atoms with Crippen molar-refractivity contribution < 1.29 is 0 Å². The maximum atomic E-state index is 11.8. The summed E-state index contributed by atoms with van der Waals surface area (Å²) in [5.74, 6) is 0. The van der Waals surface area contributed by atoms with Crippen LogP contribution in [0.2, 0.25) is 0 Å². The molecule has 1 aromatic carbocycles. The van der Waals surface area contributed by atoms with Gasteiger partial charge in [-0.15, -0.1) is 0 Å². The zero-order valence-electron chi connectivity index (χ0n) is 9.07. The second kappa shape index (κ2) is 3.67. The van der Waals surface area contributed by atoms with Crippen molar-refractivity contribution in [2.24, 2.45) is 0 Å². The summed E-state index contributed by atoms with van der Waals surface area (Å²) in [4.78, 5) is 11.8. The van der Waals surface area contributed by atoms with E-state index in [0.29, 0.717) is 0 Å². The van der Waals surface area contributed by atoms with Gasteiger partial charge in [-0.1, -0.05) is 18.2 Å². The quantitative estimate of drug-likeness (QED) is 0.775. The molecular weight excluding hydrogens is 200 g/mol. The van der Waals surface area contributed by atoms with Crippen LogP contribution >= 0.6 is 0 Å². The standard InChI is InChI=1S/C13H14N2O/c16-13-11-8-4-5-9-12(11)15(14-13)10-6-2-1-3-7-10/h1-3,6-7H,4-5,8-9H2,(H,14,16). The average Bonchev–Trinajstić information content (AvgIpc) is 2.69. The van der Waals surface area contributed by atoms with Crippen LogP contribution in [0.4, 0.5) is 0 Å². The van der Waals surface area contributed by atoms with E-state index in [1.807, 2.05) is 35.0 Å². The second-order valence-electron chi connectivity index (χ2n) is 4.24. The summed E-state index contributed by atoms with van der Waals surface area (Å²) in [5.41, 5.74) is 3.28. The van der Waals surface area contributed by atoms with Crippen LogP contribution in [0, 0.1) is 0 Å². The highest BCUT2D eigenvalue weighted by Crippen LogP contribution is 2.20. The number of nitrogens with zero attached hydrogens (tertiary/aromatic N) is 1. The predicted octanol–water partition coefficient (Wildman–Crippen LogP) is 2.04. The van der Waals surface area contributed by atoms with E-state index in [4.69, 9.17) is 0 Å². The van der Waals surface area contributed by atoms with E-state index < -0.39 is 0 Å². The van der Waals surface area contributed by atoms with Crippen LogP contribution in [0.1, 0.15) is 24.1 Å². The largest absolute Gasteiger partial charge is 0.268 e. The van der Waals surface area contributed by atoms with Crippen molar-refractivity contribution in [2.45, 2.75) is 25.7 Å². The van der Waals surface area contributed by atoms with Crippen LogP contribution in [0.15, 0.2) is 35.1 Å². The predicted molar refractivity (Wildman–Crippen MR) is 63.0 cm³/mol. The first-order chi connectivity index (χ1) is 7.86. The van der Waals surface area contributed by atoms with Crippen LogP contribution < -0.4 is 5.56 Å². The number of para-hydroxylation sites is 1. The molecule has 3 nitrogen and oxygen atoms in total. The lowest BCUT2D eigenvalue weighted by atomic mass is 9.98. The number of hydrogen-bond acceptors (Lipinski definition) is 1. The maximum Gasteiger partial charge on any atom is 0.267 e. The molecule has 1 aromatic heterocycles. The van der Waals surface area contributed by atoms with Gasteiger partial charge in [-0.25, -0.2) is 0 Å². The van der Waals surface area contributed by atoms with Crippen LogP contribution in [0.25, 0.3) is 5.69 Å². The third-order valence-corrected chi connectivity index (χ3v) is 3.21. The molecule has 0 amide bonds. The lowest BCUT2D eigenvalue weighted by Gasteiger charge is -2.13. The molecule has 1 aliphatic rings. The summed E-state index contributed by atoms with van der Waals surface area (Å²) in [6.45, 7) is 0. The minimum Gasteiger partial charge on any atom is -0.268 e. The number of hydrogen-bond donors (Lipinski definition) is 1. The molecular formula is C13H14N2O. The molecule has 0 atom stereocenters. The molecule has 1 aliphatic carbocycles. The van der Waals surface area contributed by atoms with Gasteiger partial charge in [0.1, 0.15) is 0 Å². The first-order valence-electron chi connectivity index (χ1n) is 5.74. The van der Waals surface area contributed by atoms with Gasteiger partial charge in [0.2, 0.25) is 0 Å². The molecule has 1 N–H and O–H groups in total. The number of rotatable bonds is 1. The summed E-state index contributed by atoms with van der Waals surface area (Å²) in [5, 5.41) is 2.93. The van der Waals surface area contributed by atoms with Crippen LogP contribution in [0.5, 0.6) is 0 Å². The van der Waals surface area contributed by atoms with Gasteiger partial charge in [0.15, 0.2) is 0 Å². The third kappa shape index (κ3) is 1.40. The Morgan fingerprint density at radius 3 is 2.62 bits per heavy atom. The fraction of sp³-hybridized carbons (Fsp3) is 0.308. The SMILES string of the molecule is O=c1[nH]n(-c2ccccc2)c2c1CCCC2. The smallest absolute Gasteiger partial charge is 0.267 e. The topological polar surface area (TPSA) is 37.8 Å². The van der Waals surface area contributed by atoms with Crippen LogP contribution in [-0.4, -0.2) is 9.78 Å². The molecule has 0 unspecified atom stereocenters. The molecule has 0 aliphatic heterocycles. The summed E-state index contributed by atoms with van der Waals surface area (Å²) >= 11 is 0. The van der Waals surface area contributed by atoms with E-state index >= 15 is 0 Å². The molecule has 0 bridgehead atoms. The molecule has 0 fully saturated rings. The van der Waals surface area contributed by atoms with E-state index in [9.17, 15) is 4.79 Å². The minimum absolute atomic E-state index is 0.0820. The van der Waals surface area contributed by atoms with Gasteiger partial charge in [0.05, 0.1) is 5.69 Å². The molecule has 2 aromatic rings. The zero-order chi connectivity index (χ0) is 11.0. The van der Waals surface area contributed by atoms with Crippen LogP contribution in [0.3, 0.4) is 0 Å². The fourth-order valence-corrected chi connectivity index (χ4v) is 2.41. The molecule has 3 heteroatoms. The van der Waals surface area contributed by atoms with E-state index in [0.717, 1.165) is 30.5 Å². The average molecular weight is 214 g/mol.